The summed E-state index contributed by atoms with van der Waals surface area (Å²) < 4.78 is 6.06. The van der Waals surface area contributed by atoms with Crippen LogP contribution >= 0.6 is 0 Å². The highest BCUT2D eigenvalue weighted by Crippen LogP contribution is 2.17. The van der Waals surface area contributed by atoms with E-state index in [0.29, 0.717) is 19.7 Å². The lowest BCUT2D eigenvalue weighted by Gasteiger charge is -2.05. The smallest absolute Gasteiger partial charge is 0.320 e. The molecule has 0 atom stereocenters. The molecule has 0 saturated carbocycles. The average Bonchev–Trinajstić information content (AvgIpc) is 2.72. The standard InChI is InChI=1S/C9H14N4O4/c1-3-12-8(7(6-11-12)13(15)16)9(14)10-4-5-17-2/h6H,3-5H2,1-2H3,(H,10,14). The second-order valence-corrected chi connectivity index (χ2v) is 3.20. The topological polar surface area (TPSA) is 99.3 Å². The van der Waals surface area contributed by atoms with Gasteiger partial charge in [0.15, 0.2) is 0 Å². The fourth-order valence-electron chi connectivity index (χ4n) is 1.33. The SMILES string of the molecule is CCn1ncc([N+](=O)[O-])c1C(=O)NCCOC. The molecule has 94 valence electrons. The Kier molecular flexibility index (Phi) is 4.58. The largest absolute Gasteiger partial charge is 0.383 e. The summed E-state index contributed by atoms with van der Waals surface area (Å²) in [5.74, 6) is -0.520. The molecule has 1 aromatic heterocycles. The molecule has 0 fully saturated rings. The van der Waals surface area contributed by atoms with E-state index in [9.17, 15) is 14.9 Å². The highest BCUT2D eigenvalue weighted by atomic mass is 16.6. The van der Waals surface area contributed by atoms with Crippen LogP contribution in [0.25, 0.3) is 0 Å². The van der Waals surface area contributed by atoms with Crippen LogP contribution in [0.15, 0.2) is 6.20 Å². The fraction of sp³-hybridized carbons (Fsp3) is 0.556. The van der Waals surface area contributed by atoms with E-state index in [4.69, 9.17) is 4.74 Å². The number of nitrogens with one attached hydrogen (secondary N) is 1. The van der Waals surface area contributed by atoms with E-state index >= 15 is 0 Å². The predicted octanol–water partition coefficient (Wildman–Crippen LogP) is 0.187. The number of amides is 1. The van der Waals surface area contributed by atoms with Gasteiger partial charge in [-0.3, -0.25) is 19.6 Å². The molecule has 0 aliphatic rings. The first-order valence-electron chi connectivity index (χ1n) is 5.09. The van der Waals surface area contributed by atoms with Crippen LogP contribution in [0.4, 0.5) is 5.69 Å². The third-order valence-electron chi connectivity index (χ3n) is 2.12. The van der Waals surface area contributed by atoms with Gasteiger partial charge >= 0.3 is 5.69 Å². The summed E-state index contributed by atoms with van der Waals surface area (Å²) in [6, 6.07) is 0. The third kappa shape index (κ3) is 3.00. The Morgan fingerprint density at radius 3 is 2.94 bits per heavy atom. The van der Waals surface area contributed by atoms with E-state index in [1.165, 1.54) is 11.8 Å². The molecule has 8 heteroatoms. The van der Waals surface area contributed by atoms with E-state index in [2.05, 4.69) is 10.4 Å². The molecule has 0 spiro atoms. The Morgan fingerprint density at radius 1 is 1.71 bits per heavy atom. The van der Waals surface area contributed by atoms with Crippen LogP contribution < -0.4 is 5.32 Å². The molecule has 1 amide bonds. The first-order chi connectivity index (χ1) is 8.11. The van der Waals surface area contributed by atoms with Crippen LogP contribution in [-0.2, 0) is 11.3 Å². The molecule has 1 aromatic rings. The maximum Gasteiger partial charge on any atom is 0.320 e. The van der Waals surface area contributed by atoms with Crippen LogP contribution in [0.3, 0.4) is 0 Å². The number of rotatable bonds is 6. The summed E-state index contributed by atoms with van der Waals surface area (Å²) in [5, 5.41) is 17.0. The number of hydrogen-bond acceptors (Lipinski definition) is 5. The van der Waals surface area contributed by atoms with Crippen LogP contribution in [0.1, 0.15) is 17.4 Å². The quantitative estimate of drug-likeness (QED) is 0.436. The van der Waals surface area contributed by atoms with Gasteiger partial charge in [0.1, 0.15) is 6.20 Å². The molecule has 1 N–H and O–H groups in total. The summed E-state index contributed by atoms with van der Waals surface area (Å²) in [6.07, 6.45) is 1.08. The van der Waals surface area contributed by atoms with Crippen LogP contribution in [0.5, 0.6) is 0 Å². The number of methoxy groups -OCH3 is 1. The van der Waals surface area contributed by atoms with Crippen molar-refractivity contribution in [3.63, 3.8) is 0 Å². The van der Waals surface area contributed by atoms with Gasteiger partial charge in [-0.15, -0.1) is 0 Å². The van der Waals surface area contributed by atoms with Crippen molar-refractivity contribution in [1.29, 1.82) is 0 Å². The van der Waals surface area contributed by atoms with Gasteiger partial charge in [-0.05, 0) is 6.92 Å². The summed E-state index contributed by atoms with van der Waals surface area (Å²) in [7, 11) is 1.50. The fourth-order valence-corrected chi connectivity index (χ4v) is 1.33. The minimum absolute atomic E-state index is 0.0337. The minimum atomic E-state index is -0.621. The zero-order valence-corrected chi connectivity index (χ0v) is 9.67. The Balaban J connectivity index is 2.89. The van der Waals surface area contributed by atoms with E-state index in [-0.39, 0.29) is 11.4 Å². The van der Waals surface area contributed by atoms with Crippen molar-refractivity contribution >= 4 is 11.6 Å². The number of ether oxygens (including phenoxy) is 1. The maximum atomic E-state index is 11.8. The number of carbonyl (C=O) groups excluding carboxylic acids is 1. The van der Waals surface area contributed by atoms with Gasteiger partial charge in [0.2, 0.25) is 5.69 Å². The van der Waals surface area contributed by atoms with E-state index in [1.807, 2.05) is 0 Å². The Bertz CT molecular complexity index is 415. The van der Waals surface area contributed by atoms with Crippen molar-refractivity contribution in [2.75, 3.05) is 20.3 Å². The molecule has 8 nitrogen and oxygen atoms in total. The molecule has 0 radical (unpaired) electrons. The molecule has 0 bridgehead atoms. The van der Waals surface area contributed by atoms with Crippen molar-refractivity contribution in [1.82, 2.24) is 15.1 Å². The zero-order chi connectivity index (χ0) is 12.8. The summed E-state index contributed by atoms with van der Waals surface area (Å²) in [6.45, 7) is 2.78. The van der Waals surface area contributed by atoms with Gasteiger partial charge in [-0.1, -0.05) is 0 Å². The number of nitrogens with zero attached hydrogens (tertiary/aromatic N) is 3. The number of aromatic nitrogens is 2. The normalized spacial score (nSPS) is 10.2. The Labute approximate surface area is 97.7 Å². The number of aryl methyl sites for hydroxylation is 1. The van der Waals surface area contributed by atoms with Gasteiger partial charge in [-0.25, -0.2) is 0 Å². The van der Waals surface area contributed by atoms with Crippen molar-refractivity contribution in [2.24, 2.45) is 0 Å². The molecule has 0 saturated heterocycles. The first-order valence-corrected chi connectivity index (χ1v) is 5.09. The lowest BCUT2D eigenvalue weighted by atomic mass is 10.3. The molecule has 0 aliphatic heterocycles. The molecule has 0 aliphatic carbocycles. The van der Waals surface area contributed by atoms with Gasteiger partial charge in [0, 0.05) is 20.2 Å². The Hall–Kier alpha value is -1.96. The predicted molar refractivity (Wildman–Crippen MR) is 58.8 cm³/mol. The summed E-state index contributed by atoms with van der Waals surface area (Å²) in [4.78, 5) is 21.9. The number of hydrogen-bond donors (Lipinski definition) is 1. The summed E-state index contributed by atoms with van der Waals surface area (Å²) in [5.41, 5.74) is -0.324. The number of nitro groups is 1. The Morgan fingerprint density at radius 2 is 2.41 bits per heavy atom. The van der Waals surface area contributed by atoms with Crippen molar-refractivity contribution < 1.29 is 14.5 Å². The maximum absolute atomic E-state index is 11.8. The molecular weight excluding hydrogens is 228 g/mol. The van der Waals surface area contributed by atoms with Crippen molar-refractivity contribution in [3.05, 3.63) is 22.0 Å². The van der Waals surface area contributed by atoms with Crippen LogP contribution in [-0.4, -0.2) is 40.9 Å². The zero-order valence-electron chi connectivity index (χ0n) is 9.67. The van der Waals surface area contributed by atoms with Gasteiger partial charge in [0.25, 0.3) is 5.91 Å². The summed E-state index contributed by atoms with van der Waals surface area (Å²) >= 11 is 0. The van der Waals surface area contributed by atoms with Crippen LogP contribution in [0.2, 0.25) is 0 Å². The third-order valence-corrected chi connectivity index (χ3v) is 2.12. The van der Waals surface area contributed by atoms with Gasteiger partial charge < -0.3 is 10.1 Å². The lowest BCUT2D eigenvalue weighted by molar-refractivity contribution is -0.385. The minimum Gasteiger partial charge on any atom is -0.383 e. The average molecular weight is 242 g/mol. The monoisotopic (exact) mass is 242 g/mol. The van der Waals surface area contributed by atoms with Gasteiger partial charge in [0.05, 0.1) is 11.5 Å². The second kappa shape index (κ2) is 5.94. The molecule has 0 unspecified atom stereocenters. The first kappa shape index (κ1) is 13.1. The van der Waals surface area contributed by atoms with Crippen molar-refractivity contribution in [3.8, 4) is 0 Å². The molecule has 17 heavy (non-hydrogen) atoms. The highest BCUT2D eigenvalue weighted by molar-refractivity contribution is 5.96. The van der Waals surface area contributed by atoms with E-state index in [1.54, 1.807) is 6.92 Å². The van der Waals surface area contributed by atoms with E-state index < -0.39 is 10.8 Å². The molecular formula is C9H14N4O4. The lowest BCUT2D eigenvalue weighted by Crippen LogP contribution is -2.29. The van der Waals surface area contributed by atoms with Gasteiger partial charge in [-0.2, -0.15) is 5.10 Å². The van der Waals surface area contributed by atoms with Crippen molar-refractivity contribution in [2.45, 2.75) is 13.5 Å². The molecule has 0 aromatic carbocycles. The molecule has 1 rings (SSSR count). The number of carbonyl (C=O) groups is 1. The van der Waals surface area contributed by atoms with Crippen LogP contribution in [0, 0.1) is 10.1 Å². The second-order valence-electron chi connectivity index (χ2n) is 3.20. The highest BCUT2D eigenvalue weighted by Gasteiger charge is 2.25. The molecule has 1 heterocycles. The van der Waals surface area contributed by atoms with E-state index in [0.717, 1.165) is 6.20 Å².